The molecule has 0 atom stereocenters. The maximum Gasteiger partial charge on any atom is 0.343 e. The molecule has 0 bridgehead atoms. The van der Waals surface area contributed by atoms with E-state index in [1.807, 2.05) is 0 Å². The molecule has 4 nitrogen and oxygen atoms in total. The van der Waals surface area contributed by atoms with Crippen LogP contribution in [0.25, 0.3) is 0 Å². The van der Waals surface area contributed by atoms with Crippen LogP contribution in [-0.2, 0) is 11.8 Å². The van der Waals surface area contributed by atoms with Gasteiger partial charge in [-0.15, -0.1) is 0 Å². The average Bonchev–Trinajstić information content (AvgIpc) is 2.30. The summed E-state index contributed by atoms with van der Waals surface area (Å²) < 4.78 is 6.06. The quantitative estimate of drug-likeness (QED) is 0.650. The van der Waals surface area contributed by atoms with Gasteiger partial charge in [-0.05, 0) is 6.92 Å². The first-order valence-electron chi connectivity index (χ1n) is 3.44. The fourth-order valence-corrected chi connectivity index (χ4v) is 0.981. The van der Waals surface area contributed by atoms with Crippen LogP contribution in [0.3, 0.4) is 0 Å². The number of hydrogen-bond acceptors (Lipinski definition) is 3. The number of aromatic nitrogens is 2. The molecule has 0 amide bonds. The number of carbonyl (C=O) groups is 1. The molecule has 0 spiro atoms. The Balaban J connectivity index is 2.87. The van der Waals surface area contributed by atoms with Crippen LogP contribution in [-0.4, -0.2) is 22.4 Å². The molecule has 1 rings (SSSR count). The van der Waals surface area contributed by atoms with Gasteiger partial charge in [-0.1, -0.05) is 11.6 Å². The second kappa shape index (κ2) is 3.58. The van der Waals surface area contributed by atoms with Gasteiger partial charge in [0.2, 0.25) is 0 Å². The third-order valence-electron chi connectivity index (χ3n) is 1.20. The Labute approximate surface area is 75.1 Å². The van der Waals surface area contributed by atoms with E-state index in [1.54, 1.807) is 14.0 Å². The Kier molecular flexibility index (Phi) is 2.70. The molecule has 0 fully saturated rings. The van der Waals surface area contributed by atoms with Gasteiger partial charge in [0.15, 0.2) is 5.15 Å². The molecule has 0 N–H and O–H groups in total. The predicted molar refractivity (Wildman–Crippen MR) is 43.0 cm³/mol. The normalized spacial score (nSPS) is 9.92. The molecule has 0 saturated heterocycles. The maximum absolute atomic E-state index is 11.1. The van der Waals surface area contributed by atoms with Crippen molar-refractivity contribution in [2.24, 2.45) is 7.05 Å². The number of aryl methyl sites for hydroxylation is 1. The minimum Gasteiger partial charge on any atom is -0.462 e. The molecule has 1 radical (unpaired) electrons. The van der Waals surface area contributed by atoms with Crippen molar-refractivity contribution in [3.05, 3.63) is 16.9 Å². The first-order chi connectivity index (χ1) is 5.65. The van der Waals surface area contributed by atoms with Gasteiger partial charge in [-0.2, -0.15) is 5.10 Å². The minimum absolute atomic E-state index is 0.121. The van der Waals surface area contributed by atoms with Crippen molar-refractivity contribution in [3.63, 3.8) is 0 Å². The third-order valence-corrected chi connectivity index (χ3v) is 1.46. The van der Waals surface area contributed by atoms with Crippen LogP contribution in [0.2, 0.25) is 5.15 Å². The molecule has 0 saturated carbocycles. The summed E-state index contributed by atoms with van der Waals surface area (Å²) in [4.78, 5) is 11.1. The molecular weight excluding hydrogens is 180 g/mol. The van der Waals surface area contributed by atoms with E-state index >= 15 is 0 Å². The average molecular weight is 188 g/mol. The Bertz CT molecular complexity index is 296. The zero-order valence-electron chi connectivity index (χ0n) is 6.80. The van der Waals surface area contributed by atoms with Gasteiger partial charge in [0.05, 0.1) is 6.61 Å². The Morgan fingerprint density at radius 3 is 2.92 bits per heavy atom. The zero-order valence-corrected chi connectivity index (χ0v) is 7.55. The molecule has 0 aliphatic rings. The zero-order chi connectivity index (χ0) is 9.14. The molecule has 0 unspecified atom stereocenters. The van der Waals surface area contributed by atoms with Gasteiger partial charge >= 0.3 is 5.97 Å². The fourth-order valence-electron chi connectivity index (χ4n) is 0.748. The number of esters is 1. The summed E-state index contributed by atoms with van der Waals surface area (Å²) in [6, 6.07) is 0. The molecule has 65 valence electrons. The van der Waals surface area contributed by atoms with Crippen LogP contribution in [0.15, 0.2) is 0 Å². The first kappa shape index (κ1) is 9.06. The van der Waals surface area contributed by atoms with Gasteiger partial charge in [-0.3, -0.25) is 4.68 Å². The highest BCUT2D eigenvalue weighted by Gasteiger charge is 2.15. The van der Waals surface area contributed by atoms with Crippen molar-refractivity contribution < 1.29 is 9.53 Å². The van der Waals surface area contributed by atoms with Crippen molar-refractivity contribution in [2.75, 3.05) is 6.61 Å². The smallest absolute Gasteiger partial charge is 0.343 e. The van der Waals surface area contributed by atoms with Crippen LogP contribution >= 0.6 is 11.6 Å². The van der Waals surface area contributed by atoms with Gasteiger partial charge < -0.3 is 4.74 Å². The largest absolute Gasteiger partial charge is 0.462 e. The van der Waals surface area contributed by atoms with E-state index in [0.29, 0.717) is 6.61 Å². The summed E-state index contributed by atoms with van der Waals surface area (Å²) >= 11 is 5.61. The maximum atomic E-state index is 11.1. The second-order valence-electron chi connectivity index (χ2n) is 2.12. The summed E-state index contributed by atoms with van der Waals surface area (Å²) in [6.07, 6.45) is 2.63. The van der Waals surface area contributed by atoms with Gasteiger partial charge in [0, 0.05) is 7.05 Å². The number of ether oxygens (including phenoxy) is 1. The van der Waals surface area contributed by atoms with Crippen molar-refractivity contribution in [2.45, 2.75) is 6.92 Å². The number of hydrogen-bond donors (Lipinski definition) is 0. The van der Waals surface area contributed by atoms with E-state index in [1.165, 1.54) is 4.68 Å². The summed E-state index contributed by atoms with van der Waals surface area (Å²) in [7, 11) is 1.63. The van der Waals surface area contributed by atoms with E-state index in [2.05, 4.69) is 11.3 Å². The standard InChI is InChI=1S/C7H8ClN2O2/c1-3-12-7(11)5-4-10(2)9-6(5)8/h3H2,1-2H3. The highest BCUT2D eigenvalue weighted by atomic mass is 35.5. The molecule has 0 aliphatic carbocycles. The van der Waals surface area contributed by atoms with Crippen LogP contribution in [0.1, 0.15) is 17.3 Å². The highest BCUT2D eigenvalue weighted by molar-refractivity contribution is 6.32. The van der Waals surface area contributed by atoms with Crippen molar-refractivity contribution in [1.29, 1.82) is 0 Å². The first-order valence-corrected chi connectivity index (χ1v) is 3.82. The monoisotopic (exact) mass is 187 g/mol. The van der Waals surface area contributed by atoms with E-state index in [4.69, 9.17) is 16.3 Å². The van der Waals surface area contributed by atoms with Crippen LogP contribution in [0.5, 0.6) is 0 Å². The number of rotatable bonds is 2. The highest BCUT2D eigenvalue weighted by Crippen LogP contribution is 2.12. The molecule has 1 aromatic rings. The lowest BCUT2D eigenvalue weighted by Crippen LogP contribution is -2.04. The van der Waals surface area contributed by atoms with Gasteiger partial charge in [0.25, 0.3) is 0 Å². The van der Waals surface area contributed by atoms with Crippen LogP contribution in [0.4, 0.5) is 0 Å². The Hall–Kier alpha value is -1.03. The Morgan fingerprint density at radius 1 is 1.83 bits per heavy atom. The lowest BCUT2D eigenvalue weighted by Gasteiger charge is -1.96. The fraction of sp³-hybridized carbons (Fsp3) is 0.429. The number of halogens is 1. The SMILES string of the molecule is CCOC(=O)c1[c]n(C)nc1Cl. The molecule has 1 heterocycles. The second-order valence-corrected chi connectivity index (χ2v) is 2.48. The lowest BCUT2D eigenvalue weighted by molar-refractivity contribution is 0.0526. The van der Waals surface area contributed by atoms with Gasteiger partial charge in [-0.25, -0.2) is 4.79 Å². The predicted octanol–water partition coefficient (Wildman–Crippen LogP) is 1.05. The van der Waals surface area contributed by atoms with Crippen molar-refractivity contribution in [3.8, 4) is 0 Å². The summed E-state index contributed by atoms with van der Waals surface area (Å²) in [5.74, 6) is -0.490. The van der Waals surface area contributed by atoms with E-state index in [9.17, 15) is 4.79 Å². The van der Waals surface area contributed by atoms with E-state index < -0.39 is 5.97 Å². The van der Waals surface area contributed by atoms with E-state index in [-0.39, 0.29) is 10.7 Å². The summed E-state index contributed by atoms with van der Waals surface area (Å²) in [6.45, 7) is 2.04. The summed E-state index contributed by atoms with van der Waals surface area (Å²) in [5, 5.41) is 3.86. The minimum atomic E-state index is -0.490. The molecule has 12 heavy (non-hydrogen) atoms. The Morgan fingerprint density at radius 2 is 2.50 bits per heavy atom. The number of carbonyl (C=O) groups excluding carboxylic acids is 1. The molecule has 0 aliphatic heterocycles. The van der Waals surface area contributed by atoms with Crippen LogP contribution in [0, 0.1) is 6.20 Å². The van der Waals surface area contributed by atoms with Crippen molar-refractivity contribution >= 4 is 17.6 Å². The topological polar surface area (TPSA) is 44.1 Å². The summed E-state index contributed by atoms with van der Waals surface area (Å²) in [5.41, 5.74) is 0.181. The third kappa shape index (κ3) is 1.76. The lowest BCUT2D eigenvalue weighted by atomic mass is 10.4. The van der Waals surface area contributed by atoms with Crippen LogP contribution < -0.4 is 0 Å². The molecule has 1 aromatic heterocycles. The molecule has 0 aromatic carbocycles. The van der Waals surface area contributed by atoms with Gasteiger partial charge in [0.1, 0.15) is 11.8 Å². The number of nitrogens with zero attached hydrogens (tertiary/aromatic N) is 2. The van der Waals surface area contributed by atoms with E-state index in [0.717, 1.165) is 0 Å². The molecule has 5 heteroatoms. The molecular formula is C7H8ClN2O2. The van der Waals surface area contributed by atoms with Crippen molar-refractivity contribution in [1.82, 2.24) is 9.78 Å².